The molecule has 0 aromatic carbocycles. The van der Waals surface area contributed by atoms with Crippen LogP contribution in [0.1, 0.15) is 119 Å². The average molecular weight is 1060 g/mol. The number of carbonyl (C=O) groups excluding carboxylic acids is 9. The number of carboxylic acid groups (broad SMARTS) is 3. The molecule has 0 aliphatic heterocycles. The highest BCUT2D eigenvalue weighted by Gasteiger charge is 2.35. The van der Waals surface area contributed by atoms with Gasteiger partial charge in [-0.15, -0.1) is 0 Å². The molecule has 0 fully saturated rings. The molecule has 426 valence electrons. The molecule has 74 heavy (non-hydrogen) atoms. The first-order valence-corrected chi connectivity index (χ1v) is 25.6. The molecule has 5 N–H and O–H groups in total. The predicted octanol–water partition coefficient (Wildman–Crippen LogP) is -0.135. The van der Waals surface area contributed by atoms with Crippen molar-refractivity contribution in [3.05, 3.63) is 0 Å². The van der Waals surface area contributed by atoms with Crippen LogP contribution in [0.2, 0.25) is 0 Å². The molecule has 0 spiro atoms. The van der Waals surface area contributed by atoms with Crippen LogP contribution in [0.5, 0.6) is 0 Å². The van der Waals surface area contributed by atoms with E-state index < -0.39 is 102 Å². The molecule has 0 aromatic rings. The maximum absolute atomic E-state index is 13.0. The lowest BCUT2D eigenvalue weighted by Crippen LogP contribution is -2.40. The zero-order valence-electron chi connectivity index (χ0n) is 44.4. The van der Waals surface area contributed by atoms with E-state index in [1.54, 1.807) is 27.7 Å². The summed E-state index contributed by atoms with van der Waals surface area (Å²) < 4.78 is 37.2. The minimum atomic E-state index is -1.72. The van der Waals surface area contributed by atoms with E-state index >= 15 is 0 Å². The second-order valence-electron chi connectivity index (χ2n) is 18.4. The number of rotatable bonds is 45. The Hall–Kier alpha value is -5.46. The quantitative estimate of drug-likeness (QED) is 0.0301. The summed E-state index contributed by atoms with van der Waals surface area (Å²) in [5.74, 6) is -15.7. The average Bonchev–Trinajstić information content (AvgIpc) is 3.37. The van der Waals surface area contributed by atoms with Crippen LogP contribution < -0.4 is 26.2 Å². The zero-order valence-corrected chi connectivity index (χ0v) is 44.4. The Morgan fingerprint density at radius 2 is 0.797 bits per heavy atom. The Balaban J connectivity index is 5.32. The van der Waals surface area contributed by atoms with Crippen molar-refractivity contribution in [3.8, 4) is 0 Å². The lowest BCUT2D eigenvalue weighted by atomic mass is 9.80. The first kappa shape index (κ1) is 68.5. The van der Waals surface area contributed by atoms with Gasteiger partial charge in [-0.1, -0.05) is 48.5 Å². The number of nitrogens with one attached hydrogen (secondary N) is 3. The highest BCUT2D eigenvalue weighted by molar-refractivity contribution is 5.77. The molecule has 0 saturated carbocycles. The van der Waals surface area contributed by atoms with E-state index in [1.165, 1.54) is 6.92 Å². The van der Waals surface area contributed by atoms with Crippen molar-refractivity contribution in [2.24, 2.45) is 46.8 Å². The molecule has 0 rings (SSSR count). The summed E-state index contributed by atoms with van der Waals surface area (Å²) in [5.41, 5.74) is -1.12. The fourth-order valence-electron chi connectivity index (χ4n) is 6.85. The highest BCUT2D eigenvalue weighted by atomic mass is 16.6. The third kappa shape index (κ3) is 30.7. The van der Waals surface area contributed by atoms with Crippen molar-refractivity contribution >= 4 is 59.7 Å². The lowest BCUT2D eigenvalue weighted by molar-refractivity contribution is -0.316. The molecule has 0 heterocycles. The number of hydrogen-bond donors (Lipinski definition) is 5. The summed E-state index contributed by atoms with van der Waals surface area (Å²) in [4.78, 5) is 123. The maximum Gasteiger partial charge on any atom is 0.308 e. The monoisotopic (exact) mass is 1060 g/mol. The van der Waals surface area contributed by atoms with Gasteiger partial charge >= 0.3 is 47.8 Å². The van der Waals surface area contributed by atoms with Gasteiger partial charge in [0.1, 0.15) is 46.2 Å². The van der Waals surface area contributed by atoms with Crippen LogP contribution >= 0.6 is 0 Å². The fraction of sp³-hybridized carbons (Fsp3) is 0.800. The van der Waals surface area contributed by atoms with Gasteiger partial charge in [0, 0.05) is 51.2 Å². The topological polar surface area (TPSA) is 358 Å². The molecule has 0 bridgehead atoms. The van der Waals surface area contributed by atoms with Gasteiger partial charge in [0.05, 0.1) is 60.9 Å². The number of carboxylic acids is 3. The van der Waals surface area contributed by atoms with Crippen LogP contribution in [0.25, 0.3) is 0 Å². The molecular formula is C50H83N3O21-2. The summed E-state index contributed by atoms with van der Waals surface area (Å²) >= 11 is 0. The van der Waals surface area contributed by atoms with Crippen molar-refractivity contribution < 1.29 is 102 Å². The number of esters is 7. The van der Waals surface area contributed by atoms with Crippen molar-refractivity contribution in [1.82, 2.24) is 16.0 Å². The third-order valence-corrected chi connectivity index (χ3v) is 12.4. The third-order valence-electron chi connectivity index (χ3n) is 12.4. The Morgan fingerprint density at radius 1 is 0.446 bits per heavy atom. The van der Waals surface area contributed by atoms with E-state index in [-0.39, 0.29) is 141 Å². The highest BCUT2D eigenvalue weighted by Crippen LogP contribution is 2.30. The number of aliphatic carboxylic acids is 3. The normalized spacial score (nSPS) is 14.8. The van der Waals surface area contributed by atoms with Gasteiger partial charge in [-0.2, -0.15) is 0 Å². The molecule has 0 saturated heterocycles. The molecule has 0 aliphatic carbocycles. The van der Waals surface area contributed by atoms with E-state index in [0.29, 0.717) is 25.9 Å². The number of aliphatic hydroxyl groups excluding tert-OH is 1. The van der Waals surface area contributed by atoms with E-state index in [0.717, 1.165) is 0 Å². The van der Waals surface area contributed by atoms with Crippen molar-refractivity contribution in [1.29, 1.82) is 0 Å². The molecule has 0 amide bonds. The van der Waals surface area contributed by atoms with Crippen molar-refractivity contribution in [3.63, 3.8) is 0 Å². The summed E-state index contributed by atoms with van der Waals surface area (Å²) in [6.07, 6.45) is -0.432. The van der Waals surface area contributed by atoms with Gasteiger partial charge in [0.15, 0.2) is 0 Å². The fourth-order valence-corrected chi connectivity index (χ4v) is 6.85. The van der Waals surface area contributed by atoms with Crippen molar-refractivity contribution in [2.75, 3.05) is 92.1 Å². The van der Waals surface area contributed by atoms with Gasteiger partial charge in [-0.05, 0) is 63.2 Å². The van der Waals surface area contributed by atoms with Crippen LogP contribution in [0.15, 0.2) is 0 Å². The summed E-state index contributed by atoms with van der Waals surface area (Å²) in [5, 5.41) is 51.7. The van der Waals surface area contributed by atoms with Crippen LogP contribution in [-0.2, 0) is 81.1 Å². The largest absolute Gasteiger partial charge is 0.550 e. The first-order chi connectivity index (χ1) is 35.1. The van der Waals surface area contributed by atoms with E-state index in [2.05, 4.69) is 16.0 Å². The predicted molar refractivity (Wildman–Crippen MR) is 257 cm³/mol. The molecule has 0 radical (unpaired) electrons. The number of hydrogen-bond acceptors (Lipinski definition) is 23. The summed E-state index contributed by atoms with van der Waals surface area (Å²) in [6, 6.07) is 0. The Bertz CT molecular complexity index is 1680. The summed E-state index contributed by atoms with van der Waals surface area (Å²) in [7, 11) is 0. The second-order valence-corrected chi connectivity index (χ2v) is 18.4. The SMILES string of the molecule is CCC(C)C(=O)OCCNCCC(=O)OCC(CC)(COC(=O)CCNCCOC(=O)C(C)CC)COC(=O)CCNCCOC(=O)C(CC)CC(CC(CC(CC(C)C(=O)OCCO)C(=O)[O-])C(=O)[O-])C(=O)O. The molecule has 7 unspecified atom stereocenters. The van der Waals surface area contributed by atoms with Crippen LogP contribution in [-0.4, -0.2) is 162 Å². The number of ether oxygens (including phenoxy) is 7. The second kappa shape index (κ2) is 39.9. The first-order valence-electron chi connectivity index (χ1n) is 25.6. The Labute approximate surface area is 434 Å². The van der Waals surface area contributed by atoms with E-state index in [1.807, 2.05) is 13.8 Å². The molecule has 24 heteroatoms. The smallest absolute Gasteiger partial charge is 0.308 e. The van der Waals surface area contributed by atoms with Gasteiger partial charge in [-0.3, -0.25) is 38.4 Å². The zero-order chi connectivity index (χ0) is 56.1. The van der Waals surface area contributed by atoms with Gasteiger partial charge < -0.3 is 79.1 Å². The van der Waals surface area contributed by atoms with E-state index in [4.69, 9.17) is 38.3 Å². The minimum Gasteiger partial charge on any atom is -0.550 e. The lowest BCUT2D eigenvalue weighted by Gasteiger charge is -2.31. The Morgan fingerprint density at radius 3 is 1.15 bits per heavy atom. The van der Waals surface area contributed by atoms with Gasteiger partial charge in [-0.25, -0.2) is 0 Å². The molecule has 0 aliphatic rings. The number of aliphatic hydroxyl groups is 1. The summed E-state index contributed by atoms with van der Waals surface area (Å²) in [6.45, 7) is 11.7. The van der Waals surface area contributed by atoms with Crippen LogP contribution in [0.4, 0.5) is 0 Å². The van der Waals surface area contributed by atoms with Crippen LogP contribution in [0, 0.1) is 46.8 Å². The molecule has 7 atom stereocenters. The maximum atomic E-state index is 13.0. The van der Waals surface area contributed by atoms with Crippen molar-refractivity contribution in [2.45, 2.75) is 119 Å². The van der Waals surface area contributed by atoms with Gasteiger partial charge in [0.25, 0.3) is 0 Å². The molecule has 24 nitrogen and oxygen atoms in total. The Kier molecular flexibility index (Phi) is 37.0. The molecular weight excluding hydrogens is 979 g/mol. The van der Waals surface area contributed by atoms with E-state index in [9.17, 15) is 63.3 Å². The standard InChI is InChI=1S/C50H85N3O21/c1-8-33(5)46(64)68-22-18-51-15-12-40(55)72-30-50(11-4,31-73-41(56)13-16-52-19-23-69-47(65)34(6)9-2)32-74-42(57)14-17-53-20-24-70-49(67)36(10-3)27-38(44(60)61)29-39(45(62)63)28-37(43(58)59)26-35(7)48(66)71-25-21-54/h33-39,51-54H,8-32H2,1-7H3,(H,58,59)(H,60,61)(H,62,63)/p-2. The molecule has 0 aromatic heterocycles. The van der Waals surface area contributed by atoms with Crippen LogP contribution in [0.3, 0.4) is 0 Å². The van der Waals surface area contributed by atoms with Gasteiger partial charge in [0.2, 0.25) is 0 Å². The minimum absolute atomic E-state index is 0.0313. The number of carbonyl (C=O) groups is 10.